The van der Waals surface area contributed by atoms with E-state index in [2.05, 4.69) is 32.9 Å². The minimum atomic E-state index is -0.0739. The van der Waals surface area contributed by atoms with E-state index >= 15 is 0 Å². The second kappa shape index (κ2) is 11.8. The number of nitrogens with zero attached hydrogens (tertiary/aromatic N) is 2. The molecule has 0 aliphatic heterocycles. The number of halogens is 1. The van der Waals surface area contributed by atoms with Crippen LogP contribution in [0.1, 0.15) is 27.2 Å². The standard InChI is InChI=1S/C17H23N5OS.HI/c1-3-14-11-21-15(24-14)12-22-17(18-2)20-10-9-19-16(23)13-7-5-4-6-8-13;/h4-8,11H,3,9-10,12H2,1-2H3,(H,19,23)(H2,18,20,22);1H. The highest BCUT2D eigenvalue weighted by Gasteiger charge is 2.04. The predicted octanol–water partition coefficient (Wildman–Crippen LogP) is 2.42. The average molecular weight is 473 g/mol. The number of aromatic nitrogens is 1. The number of amides is 1. The van der Waals surface area contributed by atoms with Gasteiger partial charge in [-0.15, -0.1) is 35.3 Å². The van der Waals surface area contributed by atoms with Crippen LogP contribution in [-0.2, 0) is 13.0 Å². The van der Waals surface area contributed by atoms with Gasteiger partial charge in [0.15, 0.2) is 5.96 Å². The number of hydrogen-bond acceptors (Lipinski definition) is 4. The second-order valence-corrected chi connectivity index (χ2v) is 6.25. The molecule has 0 aliphatic rings. The van der Waals surface area contributed by atoms with E-state index < -0.39 is 0 Å². The molecular weight excluding hydrogens is 449 g/mol. The van der Waals surface area contributed by atoms with Gasteiger partial charge in [-0.05, 0) is 18.6 Å². The molecule has 0 fully saturated rings. The third-order valence-electron chi connectivity index (χ3n) is 3.32. The molecule has 0 saturated carbocycles. The fourth-order valence-electron chi connectivity index (χ4n) is 2.02. The number of benzene rings is 1. The van der Waals surface area contributed by atoms with Crippen molar-refractivity contribution >= 4 is 47.2 Å². The SMILES string of the molecule is CCc1cnc(CNC(=NC)NCCNC(=O)c2ccccc2)s1.I. The van der Waals surface area contributed by atoms with Crippen LogP contribution in [0.4, 0.5) is 0 Å². The topological polar surface area (TPSA) is 78.4 Å². The maximum Gasteiger partial charge on any atom is 0.251 e. The molecule has 25 heavy (non-hydrogen) atoms. The lowest BCUT2D eigenvalue weighted by molar-refractivity contribution is 0.0954. The van der Waals surface area contributed by atoms with E-state index in [-0.39, 0.29) is 29.9 Å². The van der Waals surface area contributed by atoms with Gasteiger partial charge in [0.1, 0.15) is 5.01 Å². The number of thiazole rings is 1. The number of carbonyl (C=O) groups excluding carboxylic acids is 1. The molecule has 0 unspecified atom stereocenters. The van der Waals surface area contributed by atoms with Crippen LogP contribution in [0.3, 0.4) is 0 Å². The Bertz CT molecular complexity index is 675. The van der Waals surface area contributed by atoms with Crippen LogP contribution < -0.4 is 16.0 Å². The summed E-state index contributed by atoms with van der Waals surface area (Å²) in [6.45, 7) is 3.87. The van der Waals surface area contributed by atoms with Crippen molar-refractivity contribution < 1.29 is 4.79 Å². The average Bonchev–Trinajstić information content (AvgIpc) is 3.09. The fourth-order valence-corrected chi connectivity index (χ4v) is 2.82. The Balaban J connectivity index is 0.00000312. The maximum atomic E-state index is 11.9. The lowest BCUT2D eigenvalue weighted by Crippen LogP contribution is -2.41. The monoisotopic (exact) mass is 473 g/mol. The van der Waals surface area contributed by atoms with Crippen molar-refractivity contribution in [2.45, 2.75) is 19.9 Å². The number of guanidine groups is 1. The molecule has 0 bridgehead atoms. The van der Waals surface area contributed by atoms with Gasteiger partial charge in [0.2, 0.25) is 0 Å². The van der Waals surface area contributed by atoms with E-state index in [9.17, 15) is 4.79 Å². The van der Waals surface area contributed by atoms with E-state index in [1.807, 2.05) is 24.4 Å². The highest BCUT2D eigenvalue weighted by atomic mass is 127. The number of carbonyl (C=O) groups is 1. The van der Waals surface area contributed by atoms with Gasteiger partial charge < -0.3 is 16.0 Å². The molecule has 1 aromatic heterocycles. The molecule has 0 radical (unpaired) electrons. The van der Waals surface area contributed by atoms with Crippen LogP contribution >= 0.6 is 35.3 Å². The molecule has 0 saturated heterocycles. The molecule has 1 amide bonds. The third-order valence-corrected chi connectivity index (χ3v) is 4.46. The quantitative estimate of drug-likeness (QED) is 0.250. The molecule has 3 N–H and O–H groups in total. The molecule has 0 aliphatic carbocycles. The third kappa shape index (κ3) is 7.39. The van der Waals surface area contributed by atoms with Crippen molar-refractivity contribution in [1.82, 2.24) is 20.9 Å². The van der Waals surface area contributed by atoms with E-state index in [4.69, 9.17) is 0 Å². The number of aliphatic imine (C=N–C) groups is 1. The van der Waals surface area contributed by atoms with Crippen LogP contribution in [0.2, 0.25) is 0 Å². The maximum absolute atomic E-state index is 11.9. The first-order valence-electron chi connectivity index (χ1n) is 7.94. The summed E-state index contributed by atoms with van der Waals surface area (Å²) in [5, 5.41) is 10.3. The normalized spacial score (nSPS) is 10.7. The van der Waals surface area contributed by atoms with Crippen molar-refractivity contribution in [2.24, 2.45) is 4.99 Å². The summed E-state index contributed by atoms with van der Waals surface area (Å²) in [4.78, 5) is 21.7. The van der Waals surface area contributed by atoms with Gasteiger partial charge in [-0.3, -0.25) is 9.79 Å². The molecule has 6 nitrogen and oxygen atoms in total. The van der Waals surface area contributed by atoms with Crippen molar-refractivity contribution in [2.75, 3.05) is 20.1 Å². The number of aryl methyl sites for hydroxylation is 1. The first kappa shape index (κ1) is 21.4. The van der Waals surface area contributed by atoms with Crippen LogP contribution in [0.5, 0.6) is 0 Å². The summed E-state index contributed by atoms with van der Waals surface area (Å²) in [5.74, 6) is 0.618. The molecule has 0 spiro atoms. The van der Waals surface area contributed by atoms with E-state index in [0.717, 1.165) is 11.4 Å². The molecular formula is C17H24IN5OS. The smallest absolute Gasteiger partial charge is 0.251 e. The van der Waals surface area contributed by atoms with Crippen molar-refractivity contribution in [3.05, 3.63) is 52.0 Å². The van der Waals surface area contributed by atoms with Gasteiger partial charge in [-0.2, -0.15) is 0 Å². The van der Waals surface area contributed by atoms with Crippen LogP contribution in [0.15, 0.2) is 41.5 Å². The highest BCUT2D eigenvalue weighted by molar-refractivity contribution is 14.0. The molecule has 136 valence electrons. The summed E-state index contributed by atoms with van der Waals surface area (Å²) >= 11 is 1.70. The Morgan fingerprint density at radius 3 is 2.52 bits per heavy atom. The molecule has 8 heteroatoms. The molecule has 2 rings (SSSR count). The largest absolute Gasteiger partial charge is 0.355 e. The fraction of sp³-hybridized carbons (Fsp3) is 0.353. The van der Waals surface area contributed by atoms with Gasteiger partial charge in [0.05, 0.1) is 6.54 Å². The van der Waals surface area contributed by atoms with Gasteiger partial charge in [0.25, 0.3) is 5.91 Å². The summed E-state index contributed by atoms with van der Waals surface area (Å²) in [6.07, 6.45) is 2.92. The summed E-state index contributed by atoms with van der Waals surface area (Å²) in [7, 11) is 1.72. The first-order chi connectivity index (χ1) is 11.7. The Morgan fingerprint density at radius 2 is 1.88 bits per heavy atom. The Kier molecular flexibility index (Phi) is 10.1. The van der Waals surface area contributed by atoms with Crippen LogP contribution in [0.25, 0.3) is 0 Å². The van der Waals surface area contributed by atoms with Crippen LogP contribution in [-0.4, -0.2) is 37.0 Å². The summed E-state index contributed by atoms with van der Waals surface area (Å²) in [6, 6.07) is 9.17. The van der Waals surface area contributed by atoms with Gasteiger partial charge in [0, 0.05) is 36.8 Å². The number of rotatable bonds is 7. The minimum Gasteiger partial charge on any atom is -0.355 e. The Morgan fingerprint density at radius 1 is 1.16 bits per heavy atom. The zero-order valence-electron chi connectivity index (χ0n) is 14.4. The lowest BCUT2D eigenvalue weighted by Gasteiger charge is -2.11. The van der Waals surface area contributed by atoms with Crippen molar-refractivity contribution in [3.63, 3.8) is 0 Å². The number of hydrogen-bond donors (Lipinski definition) is 3. The zero-order chi connectivity index (χ0) is 17.2. The Labute approximate surface area is 169 Å². The van der Waals surface area contributed by atoms with Crippen molar-refractivity contribution in [1.29, 1.82) is 0 Å². The van der Waals surface area contributed by atoms with E-state index in [1.165, 1.54) is 4.88 Å². The number of nitrogens with one attached hydrogen (secondary N) is 3. The van der Waals surface area contributed by atoms with Crippen LogP contribution in [0, 0.1) is 0 Å². The molecule has 1 aromatic carbocycles. The second-order valence-electron chi connectivity index (χ2n) is 5.05. The van der Waals surface area contributed by atoms with E-state index in [1.54, 1.807) is 30.5 Å². The van der Waals surface area contributed by atoms with Gasteiger partial charge in [-0.25, -0.2) is 4.98 Å². The minimum absolute atomic E-state index is 0. The molecule has 2 aromatic rings. The first-order valence-corrected chi connectivity index (χ1v) is 8.76. The molecule has 1 heterocycles. The summed E-state index contributed by atoms with van der Waals surface area (Å²) < 4.78 is 0. The van der Waals surface area contributed by atoms with Crippen molar-refractivity contribution in [3.8, 4) is 0 Å². The predicted molar refractivity (Wildman–Crippen MR) is 114 cm³/mol. The van der Waals surface area contributed by atoms with Gasteiger partial charge in [-0.1, -0.05) is 25.1 Å². The van der Waals surface area contributed by atoms with Gasteiger partial charge >= 0.3 is 0 Å². The van der Waals surface area contributed by atoms with E-state index in [0.29, 0.717) is 31.2 Å². The zero-order valence-corrected chi connectivity index (χ0v) is 17.6. The Hall–Kier alpha value is -1.68. The lowest BCUT2D eigenvalue weighted by atomic mass is 10.2. The summed E-state index contributed by atoms with van der Waals surface area (Å²) in [5.41, 5.74) is 0.663. The highest BCUT2D eigenvalue weighted by Crippen LogP contribution is 2.12. The molecule has 0 atom stereocenters.